The highest BCUT2D eigenvalue weighted by Gasteiger charge is 2.33. The van der Waals surface area contributed by atoms with Crippen molar-refractivity contribution in [2.75, 3.05) is 12.3 Å². The first-order valence-corrected chi connectivity index (χ1v) is 5.10. The first kappa shape index (κ1) is 13.9. The summed E-state index contributed by atoms with van der Waals surface area (Å²) in [4.78, 5) is 2.54. The number of benzene rings is 1. The molecule has 0 atom stereocenters. The molecule has 7 heteroatoms. The van der Waals surface area contributed by atoms with Gasteiger partial charge in [-0.2, -0.15) is 13.2 Å². The van der Waals surface area contributed by atoms with Gasteiger partial charge in [0.1, 0.15) is 0 Å². The van der Waals surface area contributed by atoms with Crippen LogP contribution in [0.2, 0.25) is 0 Å². The number of halogens is 3. The molecule has 0 spiro atoms. The van der Waals surface area contributed by atoms with Crippen LogP contribution in [-0.4, -0.2) is 6.54 Å². The smallest absolute Gasteiger partial charge is 0.398 e. The first-order valence-electron chi connectivity index (χ1n) is 5.10. The van der Waals surface area contributed by atoms with E-state index < -0.39 is 11.7 Å². The van der Waals surface area contributed by atoms with Gasteiger partial charge in [-0.3, -0.25) is 0 Å². The minimum absolute atomic E-state index is 0.0601. The molecule has 18 heavy (non-hydrogen) atoms. The summed E-state index contributed by atoms with van der Waals surface area (Å²) in [6.07, 6.45) is -1.30. The van der Waals surface area contributed by atoms with E-state index in [2.05, 4.69) is 10.0 Å². The molecule has 0 amide bonds. The Hall–Kier alpha value is -2.14. The summed E-state index contributed by atoms with van der Waals surface area (Å²) >= 11 is 0. The molecule has 1 aromatic rings. The molecule has 0 aliphatic carbocycles. The number of nitrogens with two attached hydrogens (primary N) is 1. The van der Waals surface area contributed by atoms with Crippen LogP contribution in [0.1, 0.15) is 17.5 Å². The summed E-state index contributed by atoms with van der Waals surface area (Å²) in [6.45, 7) is 0.196. The predicted molar refractivity (Wildman–Crippen MR) is 63.5 cm³/mol. The van der Waals surface area contributed by atoms with E-state index in [9.17, 15) is 13.2 Å². The SMILES string of the molecule is [N-]=[N+]=NCCC=Cc1c(N)cccc1C(F)(F)F. The van der Waals surface area contributed by atoms with E-state index in [1.165, 1.54) is 24.3 Å². The van der Waals surface area contributed by atoms with Crippen molar-refractivity contribution in [3.63, 3.8) is 0 Å². The Kier molecular flexibility index (Phi) is 4.62. The van der Waals surface area contributed by atoms with Gasteiger partial charge in [-0.1, -0.05) is 23.3 Å². The van der Waals surface area contributed by atoms with Crippen molar-refractivity contribution in [1.29, 1.82) is 0 Å². The van der Waals surface area contributed by atoms with E-state index in [4.69, 9.17) is 11.3 Å². The molecule has 1 aromatic carbocycles. The lowest BCUT2D eigenvalue weighted by atomic mass is 10.0. The van der Waals surface area contributed by atoms with Gasteiger partial charge in [-0.25, -0.2) is 0 Å². The van der Waals surface area contributed by atoms with Crippen molar-refractivity contribution in [1.82, 2.24) is 0 Å². The summed E-state index contributed by atoms with van der Waals surface area (Å²) in [5.41, 5.74) is 12.8. The fourth-order valence-electron chi connectivity index (χ4n) is 1.39. The lowest BCUT2D eigenvalue weighted by Crippen LogP contribution is -2.08. The van der Waals surface area contributed by atoms with Crippen LogP contribution < -0.4 is 5.73 Å². The van der Waals surface area contributed by atoms with Gasteiger partial charge in [0.25, 0.3) is 0 Å². The van der Waals surface area contributed by atoms with E-state index in [1.54, 1.807) is 0 Å². The molecule has 0 unspecified atom stereocenters. The maximum Gasteiger partial charge on any atom is 0.417 e. The summed E-state index contributed by atoms with van der Waals surface area (Å²) < 4.78 is 38.1. The van der Waals surface area contributed by atoms with E-state index >= 15 is 0 Å². The highest BCUT2D eigenvalue weighted by molar-refractivity contribution is 5.68. The summed E-state index contributed by atoms with van der Waals surface area (Å²) in [7, 11) is 0. The molecule has 0 saturated carbocycles. The molecule has 0 fully saturated rings. The van der Waals surface area contributed by atoms with Crippen LogP contribution in [0, 0.1) is 0 Å². The number of nitrogen functional groups attached to an aromatic ring is 1. The quantitative estimate of drug-likeness (QED) is 0.285. The van der Waals surface area contributed by atoms with Gasteiger partial charge in [-0.15, -0.1) is 0 Å². The van der Waals surface area contributed by atoms with Crippen LogP contribution in [0.4, 0.5) is 18.9 Å². The number of alkyl halides is 3. The van der Waals surface area contributed by atoms with Gasteiger partial charge in [0, 0.05) is 22.7 Å². The van der Waals surface area contributed by atoms with Crippen molar-refractivity contribution < 1.29 is 13.2 Å². The number of anilines is 1. The van der Waals surface area contributed by atoms with Crippen molar-refractivity contribution in [2.45, 2.75) is 12.6 Å². The standard InChI is InChI=1S/C11H11F3N4/c12-11(13,14)9-5-3-6-10(15)8(9)4-1-2-7-17-18-16/h1,3-6H,2,7,15H2. The van der Waals surface area contributed by atoms with Gasteiger partial charge in [0.2, 0.25) is 0 Å². The molecule has 0 radical (unpaired) electrons. The van der Waals surface area contributed by atoms with Crippen LogP contribution in [0.25, 0.3) is 16.5 Å². The average molecular weight is 256 g/mol. The van der Waals surface area contributed by atoms with Gasteiger partial charge in [0.05, 0.1) is 5.56 Å². The van der Waals surface area contributed by atoms with E-state index in [-0.39, 0.29) is 17.8 Å². The second kappa shape index (κ2) is 5.97. The van der Waals surface area contributed by atoms with Crippen molar-refractivity contribution in [2.24, 2.45) is 5.11 Å². The number of hydrogen-bond donors (Lipinski definition) is 1. The molecule has 0 saturated heterocycles. The van der Waals surface area contributed by atoms with Gasteiger partial charge in [0.15, 0.2) is 0 Å². The maximum atomic E-state index is 12.7. The Bertz CT molecular complexity index is 488. The summed E-state index contributed by atoms with van der Waals surface area (Å²) in [5, 5.41) is 3.27. The maximum absolute atomic E-state index is 12.7. The van der Waals surface area contributed by atoms with Crippen LogP contribution in [0.3, 0.4) is 0 Å². The van der Waals surface area contributed by atoms with Gasteiger partial charge in [-0.05, 0) is 24.1 Å². The number of nitrogens with zero attached hydrogens (tertiary/aromatic N) is 3. The molecule has 96 valence electrons. The fourth-order valence-corrected chi connectivity index (χ4v) is 1.39. The third kappa shape index (κ3) is 3.71. The fraction of sp³-hybridized carbons (Fsp3) is 0.273. The summed E-state index contributed by atoms with van der Waals surface area (Å²) in [5.74, 6) is 0. The second-order valence-corrected chi connectivity index (χ2v) is 3.45. The summed E-state index contributed by atoms with van der Waals surface area (Å²) in [6, 6.07) is 3.64. The average Bonchev–Trinajstić information content (AvgIpc) is 2.29. The topological polar surface area (TPSA) is 74.8 Å². The molecular formula is C11H11F3N4. The van der Waals surface area contributed by atoms with Crippen LogP contribution in [-0.2, 0) is 6.18 Å². The lowest BCUT2D eigenvalue weighted by molar-refractivity contribution is -0.137. The Labute approximate surface area is 102 Å². The Morgan fingerprint density at radius 2 is 2.11 bits per heavy atom. The molecular weight excluding hydrogens is 245 g/mol. The molecule has 0 aliphatic heterocycles. The van der Waals surface area contributed by atoms with Crippen molar-refractivity contribution in [3.05, 3.63) is 45.8 Å². The van der Waals surface area contributed by atoms with E-state index in [1.807, 2.05) is 0 Å². The van der Waals surface area contributed by atoms with Crippen molar-refractivity contribution >= 4 is 11.8 Å². The number of rotatable bonds is 4. The van der Waals surface area contributed by atoms with Crippen LogP contribution in [0.15, 0.2) is 29.4 Å². The normalized spacial score (nSPS) is 11.5. The lowest BCUT2D eigenvalue weighted by Gasteiger charge is -2.12. The van der Waals surface area contributed by atoms with Gasteiger partial charge < -0.3 is 5.73 Å². The first-order chi connectivity index (χ1) is 8.46. The highest BCUT2D eigenvalue weighted by Crippen LogP contribution is 2.34. The molecule has 4 nitrogen and oxygen atoms in total. The monoisotopic (exact) mass is 256 g/mol. The Morgan fingerprint density at radius 3 is 2.72 bits per heavy atom. The van der Waals surface area contributed by atoms with E-state index in [0.29, 0.717) is 6.42 Å². The zero-order valence-electron chi connectivity index (χ0n) is 9.35. The van der Waals surface area contributed by atoms with Crippen molar-refractivity contribution in [3.8, 4) is 0 Å². The minimum Gasteiger partial charge on any atom is -0.398 e. The van der Waals surface area contributed by atoms with Crippen LogP contribution in [0.5, 0.6) is 0 Å². The minimum atomic E-state index is -4.44. The van der Waals surface area contributed by atoms with E-state index in [0.717, 1.165) is 6.07 Å². The molecule has 2 N–H and O–H groups in total. The predicted octanol–water partition coefficient (Wildman–Crippen LogP) is 4.00. The van der Waals surface area contributed by atoms with Crippen LogP contribution >= 0.6 is 0 Å². The Morgan fingerprint density at radius 1 is 1.39 bits per heavy atom. The molecule has 1 rings (SSSR count). The number of hydrogen-bond acceptors (Lipinski definition) is 2. The zero-order chi connectivity index (χ0) is 13.6. The number of azide groups is 1. The molecule has 0 bridgehead atoms. The molecule has 0 aromatic heterocycles. The third-order valence-electron chi connectivity index (χ3n) is 2.19. The molecule has 0 heterocycles. The second-order valence-electron chi connectivity index (χ2n) is 3.45. The largest absolute Gasteiger partial charge is 0.417 e. The molecule has 0 aliphatic rings. The Balaban J connectivity index is 2.96. The van der Waals surface area contributed by atoms with Gasteiger partial charge >= 0.3 is 6.18 Å². The zero-order valence-corrected chi connectivity index (χ0v) is 9.35. The third-order valence-corrected chi connectivity index (χ3v) is 2.19. The highest BCUT2D eigenvalue weighted by atomic mass is 19.4.